The van der Waals surface area contributed by atoms with Gasteiger partial charge in [-0.3, -0.25) is 14.9 Å². The lowest BCUT2D eigenvalue weighted by molar-refractivity contribution is -0.137. The van der Waals surface area contributed by atoms with Crippen molar-refractivity contribution in [2.45, 2.75) is 70.6 Å². The van der Waals surface area contributed by atoms with E-state index in [0.717, 1.165) is 49.2 Å². The number of nitrogens with one attached hydrogen (secondary N) is 3. The smallest absolute Gasteiger partial charge is 0.334 e. The zero-order chi connectivity index (χ0) is 29.4. The minimum Gasteiger partial charge on any atom is -0.334 e. The number of aryl methyl sites for hydroxylation is 2. The fraction of sp³-hybridized carbons (Fsp3) is 0.444. The van der Waals surface area contributed by atoms with Gasteiger partial charge >= 0.3 is 12.2 Å². The molecular weight excluding hydrogens is 564 g/mol. The summed E-state index contributed by atoms with van der Waals surface area (Å²) in [7, 11) is 0. The Balaban J connectivity index is 1.18. The number of hydrogen-bond donors (Lipinski definition) is 3. The summed E-state index contributed by atoms with van der Waals surface area (Å²) in [5, 5.41) is 16.3. The number of benzene rings is 1. The van der Waals surface area contributed by atoms with Crippen LogP contribution in [0.25, 0.3) is 0 Å². The average Bonchev–Trinajstić information content (AvgIpc) is 3.61. The Morgan fingerprint density at radius 3 is 2.61 bits per heavy atom. The number of rotatable bonds is 11. The van der Waals surface area contributed by atoms with Gasteiger partial charge in [0.2, 0.25) is 16.9 Å². The van der Waals surface area contributed by atoms with Crippen molar-refractivity contribution in [1.82, 2.24) is 20.1 Å². The molecule has 0 bridgehead atoms. The van der Waals surface area contributed by atoms with Gasteiger partial charge in [0.15, 0.2) is 0 Å². The number of aromatic nitrogens is 3. The highest BCUT2D eigenvalue weighted by molar-refractivity contribution is 7.15. The van der Waals surface area contributed by atoms with E-state index in [2.05, 4.69) is 26.1 Å². The van der Waals surface area contributed by atoms with Crippen molar-refractivity contribution in [2.75, 3.05) is 10.6 Å². The van der Waals surface area contributed by atoms with Crippen LogP contribution in [-0.4, -0.2) is 26.7 Å². The van der Waals surface area contributed by atoms with E-state index in [4.69, 9.17) is 0 Å². The summed E-state index contributed by atoms with van der Waals surface area (Å²) in [5.74, 6) is -0.959. The first kappa shape index (κ1) is 30.2. The lowest BCUT2D eigenvalue weighted by atomic mass is 10.0. The van der Waals surface area contributed by atoms with Gasteiger partial charge in [0.05, 0.1) is 11.3 Å². The normalized spacial score (nSPS) is 13.8. The zero-order valence-electron chi connectivity index (χ0n) is 22.1. The van der Waals surface area contributed by atoms with Crippen molar-refractivity contribution < 1.29 is 27.2 Å². The minimum atomic E-state index is -4.47. The maximum Gasteiger partial charge on any atom is 0.416 e. The summed E-state index contributed by atoms with van der Waals surface area (Å²) in [6.45, 7) is 0.170. The number of alkyl halides is 3. The van der Waals surface area contributed by atoms with Crippen molar-refractivity contribution in [3.8, 4) is 0 Å². The van der Waals surface area contributed by atoms with Gasteiger partial charge < -0.3 is 15.2 Å². The minimum absolute atomic E-state index is 0.102. The zero-order valence-corrected chi connectivity index (χ0v) is 22.9. The van der Waals surface area contributed by atoms with Crippen molar-refractivity contribution >= 4 is 34.1 Å². The largest absolute Gasteiger partial charge is 0.416 e. The molecule has 0 spiro atoms. The van der Waals surface area contributed by atoms with E-state index in [1.165, 1.54) is 29.0 Å². The molecule has 4 rings (SSSR count). The standard InChI is InChI=1S/C27H30F4N6O3S/c28-23-20(33-21(38)15-17-6-1-2-7-17)11-13-37(24(23)39)12-4-3-10-22-35-36-26(41-22)34-25(40)32-16-18-8-5-9-19(14-18)27(29,30)31/h5,8-9,11,13-14,17H,1-4,6-7,10,12,15-16H2,(H,33,38)(H2,32,34,36,40). The van der Waals surface area contributed by atoms with Gasteiger partial charge in [0.1, 0.15) is 5.01 Å². The van der Waals surface area contributed by atoms with Gasteiger partial charge in [-0.1, -0.05) is 36.3 Å². The number of hydrogen-bond acceptors (Lipinski definition) is 6. The van der Waals surface area contributed by atoms with Crippen molar-refractivity contribution in [2.24, 2.45) is 5.92 Å². The molecular formula is C27H30F4N6O3S. The van der Waals surface area contributed by atoms with Crippen LogP contribution in [-0.2, 0) is 30.5 Å². The van der Waals surface area contributed by atoms with Crippen LogP contribution >= 0.6 is 11.3 Å². The number of halogens is 4. The molecule has 0 atom stereocenters. The second-order valence-electron chi connectivity index (χ2n) is 9.91. The number of unbranched alkanes of at least 4 members (excludes halogenated alkanes) is 1. The van der Waals surface area contributed by atoms with Gasteiger partial charge in [-0.25, -0.2) is 4.79 Å². The molecule has 0 unspecified atom stereocenters. The first-order valence-corrected chi connectivity index (χ1v) is 14.1. The third-order valence-electron chi connectivity index (χ3n) is 6.76. The summed E-state index contributed by atoms with van der Waals surface area (Å²) < 4.78 is 54.3. The number of urea groups is 1. The monoisotopic (exact) mass is 594 g/mol. The molecule has 3 aromatic rings. The maximum absolute atomic E-state index is 14.6. The topological polar surface area (TPSA) is 118 Å². The Labute approximate surface area is 237 Å². The second kappa shape index (κ2) is 13.7. The van der Waals surface area contributed by atoms with Crippen LogP contribution in [0.1, 0.15) is 61.1 Å². The molecule has 14 heteroatoms. The average molecular weight is 595 g/mol. The summed E-state index contributed by atoms with van der Waals surface area (Å²) in [4.78, 5) is 36.7. The van der Waals surface area contributed by atoms with E-state index in [9.17, 15) is 31.9 Å². The Morgan fingerprint density at radius 1 is 1.07 bits per heavy atom. The molecule has 2 aromatic heterocycles. The van der Waals surface area contributed by atoms with Gasteiger partial charge in [0, 0.05) is 32.1 Å². The van der Waals surface area contributed by atoms with Crippen LogP contribution < -0.4 is 21.5 Å². The molecule has 0 radical (unpaired) electrons. The lowest BCUT2D eigenvalue weighted by Gasteiger charge is -2.11. The van der Waals surface area contributed by atoms with Crippen molar-refractivity contribution in [3.05, 3.63) is 68.8 Å². The van der Waals surface area contributed by atoms with Crippen LogP contribution in [0.15, 0.2) is 41.3 Å². The molecule has 0 aliphatic heterocycles. The van der Waals surface area contributed by atoms with Gasteiger partial charge in [-0.2, -0.15) is 17.6 Å². The van der Waals surface area contributed by atoms with E-state index in [-0.39, 0.29) is 29.8 Å². The third kappa shape index (κ3) is 8.84. The number of nitrogens with zero attached hydrogens (tertiary/aromatic N) is 3. The van der Waals surface area contributed by atoms with Crippen molar-refractivity contribution in [3.63, 3.8) is 0 Å². The van der Waals surface area contributed by atoms with E-state index in [1.807, 2.05) is 0 Å². The molecule has 1 aliphatic carbocycles. The number of amides is 3. The third-order valence-corrected chi connectivity index (χ3v) is 7.66. The number of pyridine rings is 1. The van der Waals surface area contributed by atoms with E-state index < -0.39 is 29.1 Å². The van der Waals surface area contributed by atoms with E-state index in [1.54, 1.807) is 0 Å². The second-order valence-corrected chi connectivity index (χ2v) is 11.0. The predicted molar refractivity (Wildman–Crippen MR) is 146 cm³/mol. The first-order valence-electron chi connectivity index (χ1n) is 13.3. The molecule has 3 N–H and O–H groups in total. The van der Waals surface area contributed by atoms with Crippen LogP contribution in [0.4, 0.5) is 33.2 Å². The molecule has 9 nitrogen and oxygen atoms in total. The molecule has 220 valence electrons. The maximum atomic E-state index is 14.6. The van der Waals surface area contributed by atoms with E-state index >= 15 is 0 Å². The van der Waals surface area contributed by atoms with Crippen LogP contribution in [0.2, 0.25) is 0 Å². The highest BCUT2D eigenvalue weighted by Crippen LogP contribution is 2.30. The number of anilines is 2. The van der Waals surface area contributed by atoms with Crippen LogP contribution in [0, 0.1) is 11.7 Å². The van der Waals surface area contributed by atoms with Crippen LogP contribution in [0.3, 0.4) is 0 Å². The summed E-state index contributed by atoms with van der Waals surface area (Å²) in [6, 6.07) is 5.43. The van der Waals surface area contributed by atoms with Crippen molar-refractivity contribution in [1.29, 1.82) is 0 Å². The molecule has 1 saturated carbocycles. The molecule has 0 saturated heterocycles. The molecule has 3 amide bonds. The Morgan fingerprint density at radius 2 is 1.85 bits per heavy atom. The fourth-order valence-electron chi connectivity index (χ4n) is 4.64. The number of carbonyl (C=O) groups is 2. The van der Waals surface area contributed by atoms with E-state index in [0.29, 0.717) is 42.2 Å². The highest BCUT2D eigenvalue weighted by Gasteiger charge is 2.30. The molecule has 41 heavy (non-hydrogen) atoms. The lowest BCUT2D eigenvalue weighted by Crippen LogP contribution is -2.28. The first-order chi connectivity index (χ1) is 19.6. The fourth-order valence-corrected chi connectivity index (χ4v) is 5.42. The number of carbonyl (C=O) groups excluding carboxylic acids is 2. The molecule has 1 fully saturated rings. The molecule has 2 heterocycles. The summed E-state index contributed by atoms with van der Waals surface area (Å²) in [5.41, 5.74) is -1.41. The quantitative estimate of drug-likeness (QED) is 0.194. The predicted octanol–water partition coefficient (Wildman–Crippen LogP) is 5.72. The van der Waals surface area contributed by atoms with Gasteiger partial charge in [-0.05, 0) is 55.4 Å². The molecule has 1 aliphatic rings. The molecule has 1 aromatic carbocycles. The highest BCUT2D eigenvalue weighted by atomic mass is 32.1. The summed E-state index contributed by atoms with van der Waals surface area (Å²) >= 11 is 1.15. The summed E-state index contributed by atoms with van der Waals surface area (Å²) in [6.07, 6.45) is 3.19. The Hall–Kier alpha value is -3.81. The van der Waals surface area contributed by atoms with Crippen LogP contribution in [0.5, 0.6) is 0 Å². The van der Waals surface area contributed by atoms with Gasteiger partial charge in [0.25, 0.3) is 5.56 Å². The Kier molecular flexibility index (Phi) is 10.1. The SMILES string of the molecule is O=C(CC1CCCC1)Nc1ccn(CCCCc2nnc(NC(=O)NCc3cccc(C(F)(F)F)c3)s2)c(=O)c1F. The Bertz CT molecular complexity index is 1420. The van der Waals surface area contributed by atoms with Gasteiger partial charge in [-0.15, -0.1) is 10.2 Å².